The fourth-order valence-electron chi connectivity index (χ4n) is 2.03. The van der Waals surface area contributed by atoms with Crippen LogP contribution in [0.25, 0.3) is 11.5 Å². The summed E-state index contributed by atoms with van der Waals surface area (Å²) in [6, 6.07) is 4.09. The van der Waals surface area contributed by atoms with Gasteiger partial charge in [-0.2, -0.15) is 0 Å². The molecular formula is C13H15N5OS. The van der Waals surface area contributed by atoms with Crippen LogP contribution < -0.4 is 0 Å². The van der Waals surface area contributed by atoms with Gasteiger partial charge in [-0.15, -0.1) is 16.4 Å². The van der Waals surface area contributed by atoms with Gasteiger partial charge in [-0.25, -0.2) is 9.67 Å². The van der Waals surface area contributed by atoms with Gasteiger partial charge in [0.15, 0.2) is 5.82 Å². The first-order chi connectivity index (χ1) is 9.78. The molecule has 0 N–H and O–H groups in total. The summed E-state index contributed by atoms with van der Waals surface area (Å²) in [6.45, 7) is 0.633. The summed E-state index contributed by atoms with van der Waals surface area (Å²) >= 11 is 1.68. The molecule has 0 unspecified atom stereocenters. The number of hydrogen-bond donors (Lipinski definition) is 0. The Morgan fingerprint density at radius 3 is 3.00 bits per heavy atom. The number of rotatable bonds is 5. The predicted molar refractivity (Wildman–Crippen MR) is 76.3 cm³/mol. The highest BCUT2D eigenvalue weighted by Crippen LogP contribution is 2.23. The minimum Gasteiger partial charge on any atom is -0.374 e. The summed E-state index contributed by atoms with van der Waals surface area (Å²) < 4.78 is 9.23. The molecule has 7 heteroatoms. The van der Waals surface area contributed by atoms with Crippen molar-refractivity contribution in [3.8, 4) is 11.5 Å². The van der Waals surface area contributed by atoms with E-state index < -0.39 is 0 Å². The van der Waals surface area contributed by atoms with Crippen LogP contribution in [0.4, 0.5) is 0 Å². The lowest BCUT2D eigenvalue weighted by Crippen LogP contribution is -2.10. The first-order valence-electron chi connectivity index (χ1n) is 6.22. The molecule has 1 atom stereocenters. The first-order valence-corrected chi connectivity index (χ1v) is 7.10. The minimum atomic E-state index is -0.00841. The normalized spacial score (nSPS) is 12.7. The smallest absolute Gasteiger partial charge is 0.161 e. The Hall–Kier alpha value is -1.99. The lowest BCUT2D eigenvalue weighted by Gasteiger charge is -2.12. The van der Waals surface area contributed by atoms with Crippen LogP contribution in [0, 0.1) is 0 Å². The number of aromatic nitrogens is 5. The monoisotopic (exact) mass is 289 g/mol. The molecule has 0 spiro atoms. The van der Waals surface area contributed by atoms with Crippen LogP contribution in [0.2, 0.25) is 0 Å². The molecule has 0 saturated carbocycles. The summed E-state index contributed by atoms with van der Waals surface area (Å²) in [5, 5.41) is 10.4. The zero-order valence-corrected chi connectivity index (χ0v) is 12.1. The zero-order chi connectivity index (χ0) is 13.9. The molecule has 0 amide bonds. The van der Waals surface area contributed by atoms with Crippen LogP contribution in [0.3, 0.4) is 0 Å². The van der Waals surface area contributed by atoms with Crippen molar-refractivity contribution in [2.24, 2.45) is 7.05 Å². The SMILES string of the molecule is CO[C@@H](Cn1cc(-c2nccn2C)nn1)c1cccs1. The molecule has 0 aromatic carbocycles. The number of methoxy groups -OCH3 is 1. The number of ether oxygens (including phenoxy) is 1. The minimum absolute atomic E-state index is 0.00841. The highest BCUT2D eigenvalue weighted by atomic mass is 32.1. The Kier molecular flexibility index (Phi) is 3.62. The van der Waals surface area contributed by atoms with Crippen LogP contribution in [-0.2, 0) is 18.3 Å². The molecule has 0 saturated heterocycles. The number of hydrogen-bond acceptors (Lipinski definition) is 5. The topological polar surface area (TPSA) is 57.8 Å². The van der Waals surface area contributed by atoms with E-state index in [0.717, 1.165) is 11.5 Å². The third kappa shape index (κ3) is 2.50. The molecule has 0 bridgehead atoms. The van der Waals surface area contributed by atoms with Crippen LogP contribution in [0.15, 0.2) is 36.1 Å². The third-order valence-electron chi connectivity index (χ3n) is 3.09. The zero-order valence-electron chi connectivity index (χ0n) is 11.3. The molecule has 0 fully saturated rings. The van der Waals surface area contributed by atoms with Crippen molar-refractivity contribution in [3.05, 3.63) is 41.0 Å². The van der Waals surface area contributed by atoms with Crippen LogP contribution in [0.1, 0.15) is 11.0 Å². The quantitative estimate of drug-likeness (QED) is 0.722. The van der Waals surface area contributed by atoms with Crippen molar-refractivity contribution < 1.29 is 4.74 Å². The Balaban J connectivity index is 1.79. The van der Waals surface area contributed by atoms with Gasteiger partial charge in [0.05, 0.1) is 12.7 Å². The fraction of sp³-hybridized carbons (Fsp3) is 0.308. The molecule has 3 aromatic heterocycles. The number of thiophene rings is 1. The molecule has 0 aliphatic rings. The van der Waals surface area contributed by atoms with E-state index in [2.05, 4.69) is 21.4 Å². The lowest BCUT2D eigenvalue weighted by molar-refractivity contribution is 0.0869. The second kappa shape index (κ2) is 5.56. The number of nitrogens with zero attached hydrogens (tertiary/aromatic N) is 5. The number of aryl methyl sites for hydroxylation is 1. The molecule has 6 nitrogen and oxygen atoms in total. The van der Waals surface area contributed by atoms with Crippen LogP contribution >= 0.6 is 11.3 Å². The second-order valence-electron chi connectivity index (χ2n) is 4.43. The third-order valence-corrected chi connectivity index (χ3v) is 4.05. The Bertz CT molecular complexity index is 673. The van der Waals surface area contributed by atoms with E-state index in [1.165, 1.54) is 4.88 Å². The maximum absolute atomic E-state index is 5.52. The van der Waals surface area contributed by atoms with E-state index in [1.54, 1.807) is 29.3 Å². The molecule has 0 aliphatic heterocycles. The molecule has 3 aromatic rings. The largest absolute Gasteiger partial charge is 0.374 e. The fourth-order valence-corrected chi connectivity index (χ4v) is 2.82. The van der Waals surface area contributed by atoms with Gasteiger partial charge in [0.1, 0.15) is 11.8 Å². The molecular weight excluding hydrogens is 274 g/mol. The van der Waals surface area contributed by atoms with Gasteiger partial charge in [0.25, 0.3) is 0 Å². The first kappa shape index (κ1) is 13.0. The van der Waals surface area contributed by atoms with Gasteiger partial charge < -0.3 is 9.30 Å². The molecule has 3 rings (SSSR count). The van der Waals surface area contributed by atoms with E-state index in [9.17, 15) is 0 Å². The average molecular weight is 289 g/mol. The summed E-state index contributed by atoms with van der Waals surface area (Å²) in [5.41, 5.74) is 0.763. The van der Waals surface area contributed by atoms with Crippen molar-refractivity contribution in [3.63, 3.8) is 0 Å². The van der Waals surface area contributed by atoms with E-state index in [4.69, 9.17) is 4.74 Å². The van der Waals surface area contributed by atoms with E-state index in [-0.39, 0.29) is 6.10 Å². The molecule has 104 valence electrons. The van der Waals surface area contributed by atoms with Gasteiger partial charge in [-0.05, 0) is 11.4 Å². The van der Waals surface area contributed by atoms with Crippen molar-refractivity contribution in [1.29, 1.82) is 0 Å². The Morgan fingerprint density at radius 2 is 2.35 bits per heavy atom. The average Bonchev–Trinajstić information content (AvgIpc) is 3.16. The summed E-state index contributed by atoms with van der Waals surface area (Å²) in [7, 11) is 3.64. The molecule has 3 heterocycles. The molecule has 0 aliphatic carbocycles. The summed E-state index contributed by atoms with van der Waals surface area (Å²) in [4.78, 5) is 5.45. The van der Waals surface area contributed by atoms with Crippen molar-refractivity contribution >= 4 is 11.3 Å². The highest BCUT2D eigenvalue weighted by Gasteiger charge is 2.15. The molecule has 0 radical (unpaired) electrons. The van der Waals surface area contributed by atoms with Crippen molar-refractivity contribution in [1.82, 2.24) is 24.5 Å². The maximum atomic E-state index is 5.52. The number of imidazole rings is 1. The Labute approximate surface area is 120 Å². The van der Waals surface area contributed by atoms with Gasteiger partial charge in [0, 0.05) is 31.4 Å². The summed E-state index contributed by atoms with van der Waals surface area (Å²) in [6.07, 6.45) is 5.52. The van der Waals surface area contributed by atoms with Crippen LogP contribution in [0.5, 0.6) is 0 Å². The molecule has 20 heavy (non-hydrogen) atoms. The van der Waals surface area contributed by atoms with E-state index in [1.807, 2.05) is 35.5 Å². The van der Waals surface area contributed by atoms with Gasteiger partial charge in [-0.3, -0.25) is 0 Å². The van der Waals surface area contributed by atoms with Gasteiger partial charge >= 0.3 is 0 Å². The Morgan fingerprint density at radius 1 is 1.45 bits per heavy atom. The van der Waals surface area contributed by atoms with Gasteiger partial charge in [-0.1, -0.05) is 11.3 Å². The van der Waals surface area contributed by atoms with E-state index in [0.29, 0.717) is 6.54 Å². The highest BCUT2D eigenvalue weighted by molar-refractivity contribution is 7.10. The predicted octanol–water partition coefficient (Wildman–Crippen LogP) is 2.13. The van der Waals surface area contributed by atoms with Gasteiger partial charge in [0.2, 0.25) is 0 Å². The lowest BCUT2D eigenvalue weighted by atomic mass is 10.3. The summed E-state index contributed by atoms with van der Waals surface area (Å²) in [5.74, 6) is 0.807. The van der Waals surface area contributed by atoms with Crippen LogP contribution in [-0.4, -0.2) is 31.7 Å². The van der Waals surface area contributed by atoms with Crippen molar-refractivity contribution in [2.75, 3.05) is 7.11 Å². The van der Waals surface area contributed by atoms with E-state index >= 15 is 0 Å². The van der Waals surface area contributed by atoms with Crippen molar-refractivity contribution in [2.45, 2.75) is 12.6 Å². The second-order valence-corrected chi connectivity index (χ2v) is 5.41. The standard InChI is InChI=1S/C13H15N5OS/c1-17-6-5-14-13(17)10-8-18(16-15-10)9-11(19-2)12-4-3-7-20-12/h3-8,11H,9H2,1-2H3/t11-/m0/s1. The maximum Gasteiger partial charge on any atom is 0.161 e.